The molecule has 179 valence electrons. The van der Waals surface area contributed by atoms with Gasteiger partial charge in [0.2, 0.25) is 0 Å². The minimum absolute atomic E-state index is 1.07. The smallest absolute Gasteiger partial charge is 0.0351 e. The first-order valence-corrected chi connectivity index (χ1v) is 14.4. The number of allylic oxidation sites excluding steroid dienone is 2. The zero-order valence-electron chi connectivity index (χ0n) is 21.2. The molecule has 0 amide bonds. The van der Waals surface area contributed by atoms with E-state index in [1.54, 1.807) is 0 Å². The largest absolute Gasteiger partial charge is 0.0885 e. The van der Waals surface area contributed by atoms with E-state index in [0.29, 0.717) is 0 Å². The number of rotatable bonds is 26. The van der Waals surface area contributed by atoms with E-state index >= 15 is 0 Å². The minimum atomic E-state index is 1.07. The number of hydrogen-bond acceptors (Lipinski definition) is 0. The molecule has 0 atom stereocenters. The third kappa shape index (κ3) is 27.7. The molecular weight excluding hydrogens is 360 g/mol. The summed E-state index contributed by atoms with van der Waals surface area (Å²) in [4.78, 5) is 0. The van der Waals surface area contributed by atoms with E-state index < -0.39 is 0 Å². The summed E-state index contributed by atoms with van der Waals surface area (Å²) in [6.45, 7) is 6.19. The van der Waals surface area contributed by atoms with Crippen LogP contribution in [-0.4, -0.2) is 0 Å². The van der Waals surface area contributed by atoms with Gasteiger partial charge < -0.3 is 0 Å². The van der Waals surface area contributed by atoms with E-state index in [0.717, 1.165) is 6.42 Å². The van der Waals surface area contributed by atoms with Crippen LogP contribution < -0.4 is 0 Å². The van der Waals surface area contributed by atoms with E-state index in [-0.39, 0.29) is 0 Å². The molecule has 0 aliphatic heterocycles. The molecule has 0 unspecified atom stereocenters. The van der Waals surface area contributed by atoms with E-state index in [4.69, 9.17) is 0 Å². The standard InChI is InChI=1S/C30H59/c1-3-5-7-9-11-13-15-17-19-21-23-25-27-29-30-28-26-24-22-20-18-16-14-12-10-8-6-4-2/h9,11H,1,3-8,10,12-30H2,2H3. The first-order chi connectivity index (χ1) is 14.9. The zero-order valence-corrected chi connectivity index (χ0v) is 21.2. The fourth-order valence-electron chi connectivity index (χ4n) is 4.37. The van der Waals surface area contributed by atoms with E-state index in [1.807, 2.05) is 0 Å². The Morgan fingerprint density at radius 3 is 0.933 bits per heavy atom. The highest BCUT2D eigenvalue weighted by Crippen LogP contribution is 2.15. The van der Waals surface area contributed by atoms with Crippen molar-refractivity contribution in [2.75, 3.05) is 0 Å². The normalized spacial score (nSPS) is 11.7. The molecule has 0 rings (SSSR count). The SMILES string of the molecule is [CH2]CCCC=CCCCCCCCCCCCCCCCCCCCCCCCC. The number of hydrogen-bond donors (Lipinski definition) is 0. The van der Waals surface area contributed by atoms with Crippen molar-refractivity contribution in [1.82, 2.24) is 0 Å². The van der Waals surface area contributed by atoms with Crippen LogP contribution in [0.5, 0.6) is 0 Å². The van der Waals surface area contributed by atoms with Crippen molar-refractivity contribution in [3.05, 3.63) is 19.1 Å². The number of unbranched alkanes of at least 4 members (excludes halogenated alkanes) is 24. The topological polar surface area (TPSA) is 0 Å². The summed E-state index contributed by atoms with van der Waals surface area (Å²) in [5, 5.41) is 0. The van der Waals surface area contributed by atoms with Crippen molar-refractivity contribution in [1.29, 1.82) is 0 Å². The van der Waals surface area contributed by atoms with Gasteiger partial charge in [0, 0.05) is 0 Å². The van der Waals surface area contributed by atoms with Crippen molar-refractivity contribution in [3.8, 4) is 0 Å². The highest BCUT2D eigenvalue weighted by atomic mass is 14.0. The van der Waals surface area contributed by atoms with Gasteiger partial charge in [0.1, 0.15) is 0 Å². The fraction of sp³-hybridized carbons (Fsp3) is 0.900. The van der Waals surface area contributed by atoms with Crippen LogP contribution in [0.4, 0.5) is 0 Å². The first kappa shape index (κ1) is 29.7. The van der Waals surface area contributed by atoms with E-state index in [2.05, 4.69) is 26.0 Å². The molecule has 0 saturated carbocycles. The monoisotopic (exact) mass is 419 g/mol. The molecular formula is C30H59. The molecule has 0 fully saturated rings. The summed E-state index contributed by atoms with van der Waals surface area (Å²) in [7, 11) is 0. The highest BCUT2D eigenvalue weighted by molar-refractivity contribution is 4.81. The second kappa shape index (κ2) is 28.7. The molecule has 0 spiro atoms. The van der Waals surface area contributed by atoms with Gasteiger partial charge in [0.15, 0.2) is 0 Å². The van der Waals surface area contributed by atoms with Gasteiger partial charge in [-0.15, -0.1) is 0 Å². The first-order valence-electron chi connectivity index (χ1n) is 14.4. The molecule has 0 bridgehead atoms. The Kier molecular flexibility index (Phi) is 28.5. The lowest BCUT2D eigenvalue weighted by Crippen LogP contribution is -1.84. The second-order valence-corrected chi connectivity index (χ2v) is 9.68. The molecule has 0 aliphatic carbocycles. The molecule has 0 N–H and O–H groups in total. The van der Waals surface area contributed by atoms with Crippen molar-refractivity contribution in [2.45, 2.75) is 174 Å². The van der Waals surface area contributed by atoms with Crippen LogP contribution in [0.2, 0.25) is 0 Å². The summed E-state index contributed by atoms with van der Waals surface area (Å²) in [6.07, 6.45) is 41.8. The Balaban J connectivity index is 3.01. The summed E-state index contributed by atoms with van der Waals surface area (Å²) in [6, 6.07) is 0. The molecule has 0 nitrogen and oxygen atoms in total. The molecule has 0 heteroatoms. The predicted molar refractivity (Wildman–Crippen MR) is 140 cm³/mol. The Bertz CT molecular complexity index is 303. The van der Waals surface area contributed by atoms with E-state index in [9.17, 15) is 0 Å². The molecule has 0 aromatic carbocycles. The lowest BCUT2D eigenvalue weighted by molar-refractivity contribution is 0.519. The van der Waals surface area contributed by atoms with Crippen LogP contribution in [0.25, 0.3) is 0 Å². The van der Waals surface area contributed by atoms with Crippen LogP contribution >= 0.6 is 0 Å². The zero-order chi connectivity index (χ0) is 21.8. The lowest BCUT2D eigenvalue weighted by atomic mass is 10.0. The predicted octanol–water partition coefficient (Wildman–Crippen LogP) is 11.5. The van der Waals surface area contributed by atoms with Crippen LogP contribution in [0, 0.1) is 6.92 Å². The summed E-state index contributed by atoms with van der Waals surface area (Å²) in [5.41, 5.74) is 0. The molecule has 0 saturated heterocycles. The van der Waals surface area contributed by atoms with Gasteiger partial charge in [-0.3, -0.25) is 0 Å². The Morgan fingerprint density at radius 2 is 0.633 bits per heavy atom. The van der Waals surface area contributed by atoms with Crippen molar-refractivity contribution in [3.63, 3.8) is 0 Å². The molecule has 0 heterocycles. The van der Waals surface area contributed by atoms with E-state index in [1.165, 1.54) is 161 Å². The van der Waals surface area contributed by atoms with Crippen molar-refractivity contribution < 1.29 is 0 Å². The minimum Gasteiger partial charge on any atom is -0.0885 e. The van der Waals surface area contributed by atoms with Gasteiger partial charge in [-0.1, -0.05) is 167 Å². The molecule has 0 aliphatic rings. The van der Waals surface area contributed by atoms with Gasteiger partial charge in [-0.05, 0) is 25.7 Å². The maximum Gasteiger partial charge on any atom is -0.0351 e. The average molecular weight is 420 g/mol. The maximum atomic E-state index is 3.88. The van der Waals surface area contributed by atoms with Crippen LogP contribution in [0.1, 0.15) is 174 Å². The molecule has 1 radical (unpaired) electrons. The Morgan fingerprint density at radius 1 is 0.367 bits per heavy atom. The molecule has 0 aromatic heterocycles. The Labute approximate surface area is 193 Å². The van der Waals surface area contributed by atoms with Gasteiger partial charge >= 0.3 is 0 Å². The summed E-state index contributed by atoms with van der Waals surface area (Å²) < 4.78 is 0. The third-order valence-electron chi connectivity index (χ3n) is 6.51. The van der Waals surface area contributed by atoms with Crippen molar-refractivity contribution in [2.24, 2.45) is 0 Å². The van der Waals surface area contributed by atoms with Gasteiger partial charge in [-0.2, -0.15) is 0 Å². The fourth-order valence-corrected chi connectivity index (χ4v) is 4.37. The summed E-state index contributed by atoms with van der Waals surface area (Å²) in [5.74, 6) is 0. The van der Waals surface area contributed by atoms with Gasteiger partial charge in [-0.25, -0.2) is 0 Å². The third-order valence-corrected chi connectivity index (χ3v) is 6.51. The molecule has 30 heavy (non-hydrogen) atoms. The quantitative estimate of drug-likeness (QED) is 0.0965. The maximum absolute atomic E-state index is 3.88. The lowest BCUT2D eigenvalue weighted by Gasteiger charge is -2.04. The van der Waals surface area contributed by atoms with Crippen LogP contribution in [-0.2, 0) is 0 Å². The average Bonchev–Trinajstić information content (AvgIpc) is 2.76. The van der Waals surface area contributed by atoms with Crippen LogP contribution in [0.3, 0.4) is 0 Å². The van der Waals surface area contributed by atoms with Crippen molar-refractivity contribution >= 4 is 0 Å². The van der Waals surface area contributed by atoms with Gasteiger partial charge in [0.25, 0.3) is 0 Å². The summed E-state index contributed by atoms with van der Waals surface area (Å²) >= 11 is 0. The van der Waals surface area contributed by atoms with Gasteiger partial charge in [0.05, 0.1) is 0 Å². The Hall–Kier alpha value is -0.260. The second-order valence-electron chi connectivity index (χ2n) is 9.68. The molecule has 0 aromatic rings. The van der Waals surface area contributed by atoms with Crippen LogP contribution in [0.15, 0.2) is 12.2 Å². The highest BCUT2D eigenvalue weighted by Gasteiger charge is 1.95.